The van der Waals surface area contributed by atoms with E-state index in [-0.39, 0.29) is 9.80 Å². The molecule has 0 bridgehead atoms. The number of likely N-dealkylation sites (N-methyl/N-ethyl adjacent to an activating group) is 2. The summed E-state index contributed by atoms with van der Waals surface area (Å²) in [6.45, 7) is 0. The van der Waals surface area contributed by atoms with E-state index in [0.29, 0.717) is 0 Å². The summed E-state index contributed by atoms with van der Waals surface area (Å²) in [5.41, 5.74) is 0. The van der Waals surface area contributed by atoms with Crippen LogP contribution < -0.4 is 0 Å². The highest BCUT2D eigenvalue weighted by Gasteiger charge is 2.75. The predicted octanol–water partition coefficient (Wildman–Crippen LogP) is -4.93. The third kappa shape index (κ3) is 1.45. The number of nitrogens with zero attached hydrogens (tertiary/aromatic N) is 2. The van der Waals surface area contributed by atoms with Gasteiger partial charge in [0, 0.05) is 7.11 Å². The summed E-state index contributed by atoms with van der Waals surface area (Å²) in [4.78, 5) is -0.0382. The summed E-state index contributed by atoms with van der Waals surface area (Å²) in [6, 6.07) is 0. The summed E-state index contributed by atoms with van der Waals surface area (Å²) in [5, 5.41) is 67.0. The van der Waals surface area contributed by atoms with Crippen LogP contribution in [0.4, 0.5) is 0 Å². The fourth-order valence-electron chi connectivity index (χ4n) is 1.60. The standard InChI is InChI=1S/C7H16N2O8/c1-8-4(10,11)5(12,13)9(2)7(16,17-3)6(8,14)15/h10-16H,1-3H3. The molecule has 1 atom stereocenters. The number of hydrogen-bond donors (Lipinski definition) is 7. The van der Waals surface area contributed by atoms with Crippen LogP contribution in [0, 0.1) is 0 Å². The highest BCUT2D eigenvalue weighted by molar-refractivity contribution is 4.98. The Morgan fingerprint density at radius 3 is 1.41 bits per heavy atom. The van der Waals surface area contributed by atoms with Crippen molar-refractivity contribution in [3.8, 4) is 0 Å². The Morgan fingerprint density at radius 1 is 0.706 bits per heavy atom. The normalized spacial score (nSPS) is 37.1. The molecule has 1 unspecified atom stereocenters. The fraction of sp³-hybridized carbons (Fsp3) is 1.00. The molecule has 7 N–H and O–H groups in total. The van der Waals surface area contributed by atoms with Crippen LogP contribution in [0.1, 0.15) is 0 Å². The number of ether oxygens (including phenoxy) is 1. The topological polar surface area (TPSA) is 157 Å². The van der Waals surface area contributed by atoms with E-state index in [2.05, 4.69) is 4.74 Å². The van der Waals surface area contributed by atoms with Crippen LogP contribution in [0.15, 0.2) is 0 Å². The molecule has 1 aliphatic rings. The molecule has 0 saturated carbocycles. The molecule has 17 heavy (non-hydrogen) atoms. The zero-order valence-corrected chi connectivity index (χ0v) is 9.43. The van der Waals surface area contributed by atoms with Crippen molar-refractivity contribution in [2.24, 2.45) is 0 Å². The number of piperazine rings is 1. The van der Waals surface area contributed by atoms with E-state index in [1.807, 2.05) is 0 Å². The van der Waals surface area contributed by atoms with Crippen LogP contribution in [0.25, 0.3) is 0 Å². The van der Waals surface area contributed by atoms with Gasteiger partial charge in [0.15, 0.2) is 0 Å². The minimum Gasteiger partial charge on any atom is -0.348 e. The van der Waals surface area contributed by atoms with E-state index in [4.69, 9.17) is 0 Å². The first-order chi connectivity index (χ1) is 7.37. The van der Waals surface area contributed by atoms with Gasteiger partial charge in [-0.3, -0.25) is 0 Å². The van der Waals surface area contributed by atoms with Crippen molar-refractivity contribution in [3.05, 3.63) is 0 Å². The lowest BCUT2D eigenvalue weighted by Gasteiger charge is -2.60. The third-order valence-corrected chi connectivity index (χ3v) is 3.03. The lowest BCUT2D eigenvalue weighted by molar-refractivity contribution is -0.604. The zero-order valence-electron chi connectivity index (χ0n) is 9.43. The third-order valence-electron chi connectivity index (χ3n) is 3.03. The van der Waals surface area contributed by atoms with E-state index in [9.17, 15) is 35.7 Å². The average Bonchev–Trinajstić information content (AvgIpc) is 2.23. The summed E-state index contributed by atoms with van der Waals surface area (Å²) in [5.74, 6) is -13.2. The van der Waals surface area contributed by atoms with Gasteiger partial charge in [-0.1, -0.05) is 0 Å². The van der Waals surface area contributed by atoms with Gasteiger partial charge in [-0.15, -0.1) is 0 Å². The SMILES string of the molecule is COC1(O)N(C)C(O)(O)C(O)(O)N(C)C1(O)O. The maximum Gasteiger partial charge on any atom is 0.304 e. The van der Waals surface area contributed by atoms with E-state index < -0.39 is 23.6 Å². The van der Waals surface area contributed by atoms with Crippen LogP contribution in [0.5, 0.6) is 0 Å². The van der Waals surface area contributed by atoms with Crippen molar-refractivity contribution in [1.82, 2.24) is 9.80 Å². The van der Waals surface area contributed by atoms with Gasteiger partial charge in [-0.05, 0) is 14.1 Å². The van der Waals surface area contributed by atoms with E-state index in [1.165, 1.54) is 0 Å². The lowest BCUT2D eigenvalue weighted by atomic mass is 10.1. The molecular formula is C7H16N2O8. The Labute approximate surface area is 96.1 Å². The molecule has 0 spiro atoms. The predicted molar refractivity (Wildman–Crippen MR) is 49.0 cm³/mol. The van der Waals surface area contributed by atoms with Gasteiger partial charge in [0.2, 0.25) is 0 Å². The molecule has 10 heteroatoms. The van der Waals surface area contributed by atoms with Gasteiger partial charge in [0.05, 0.1) is 0 Å². The Balaban J connectivity index is 3.43. The van der Waals surface area contributed by atoms with Crippen LogP contribution in [0.2, 0.25) is 0 Å². The molecule has 1 fully saturated rings. The second kappa shape index (κ2) is 3.55. The van der Waals surface area contributed by atoms with Gasteiger partial charge >= 0.3 is 23.6 Å². The Bertz CT molecular complexity index is 319. The van der Waals surface area contributed by atoms with Crippen LogP contribution >= 0.6 is 0 Å². The molecule has 102 valence electrons. The highest BCUT2D eigenvalue weighted by atomic mass is 16.7. The molecule has 0 aromatic heterocycles. The Kier molecular flexibility index (Phi) is 3.06. The van der Waals surface area contributed by atoms with Crippen molar-refractivity contribution in [3.63, 3.8) is 0 Å². The number of rotatable bonds is 1. The lowest BCUT2D eigenvalue weighted by Crippen LogP contribution is -2.89. The van der Waals surface area contributed by atoms with E-state index >= 15 is 0 Å². The largest absolute Gasteiger partial charge is 0.348 e. The van der Waals surface area contributed by atoms with Crippen molar-refractivity contribution >= 4 is 0 Å². The summed E-state index contributed by atoms with van der Waals surface area (Å²) < 4.78 is 4.40. The zero-order chi connectivity index (χ0) is 13.9. The first kappa shape index (κ1) is 14.7. The molecule has 0 aromatic rings. The van der Waals surface area contributed by atoms with Gasteiger partial charge < -0.3 is 40.5 Å². The van der Waals surface area contributed by atoms with Crippen molar-refractivity contribution < 1.29 is 40.5 Å². The number of hydrogen-bond acceptors (Lipinski definition) is 10. The van der Waals surface area contributed by atoms with Gasteiger partial charge in [0.25, 0.3) is 0 Å². The summed E-state index contributed by atoms with van der Waals surface area (Å²) in [6.07, 6.45) is 0. The van der Waals surface area contributed by atoms with E-state index in [0.717, 1.165) is 21.2 Å². The molecule has 10 nitrogen and oxygen atoms in total. The number of methoxy groups -OCH3 is 1. The maximum absolute atomic E-state index is 9.83. The smallest absolute Gasteiger partial charge is 0.304 e. The maximum atomic E-state index is 9.83. The Morgan fingerprint density at radius 2 is 1.06 bits per heavy atom. The first-order valence-corrected chi connectivity index (χ1v) is 4.47. The summed E-state index contributed by atoms with van der Waals surface area (Å²) >= 11 is 0. The molecule has 1 heterocycles. The van der Waals surface area contributed by atoms with Crippen LogP contribution in [-0.4, -0.2) is 90.4 Å². The molecular weight excluding hydrogens is 240 g/mol. The summed E-state index contributed by atoms with van der Waals surface area (Å²) in [7, 11) is 2.35. The highest BCUT2D eigenvalue weighted by Crippen LogP contribution is 2.42. The molecule has 0 radical (unpaired) electrons. The van der Waals surface area contributed by atoms with Gasteiger partial charge in [-0.2, -0.15) is 9.80 Å². The second-order valence-corrected chi connectivity index (χ2v) is 3.84. The molecule has 0 aromatic carbocycles. The second-order valence-electron chi connectivity index (χ2n) is 3.84. The minimum absolute atomic E-state index is 0.0417. The van der Waals surface area contributed by atoms with Crippen LogP contribution in [0.3, 0.4) is 0 Å². The van der Waals surface area contributed by atoms with Gasteiger partial charge in [0.1, 0.15) is 0 Å². The van der Waals surface area contributed by atoms with Crippen molar-refractivity contribution in [1.29, 1.82) is 0 Å². The van der Waals surface area contributed by atoms with Gasteiger partial charge in [-0.25, -0.2) is 0 Å². The first-order valence-electron chi connectivity index (χ1n) is 4.47. The minimum atomic E-state index is -3.48. The molecule has 0 amide bonds. The van der Waals surface area contributed by atoms with Crippen molar-refractivity contribution in [2.75, 3.05) is 21.2 Å². The molecule has 1 rings (SSSR count). The molecule has 0 aliphatic carbocycles. The molecule has 1 saturated heterocycles. The van der Waals surface area contributed by atoms with Crippen LogP contribution in [-0.2, 0) is 4.74 Å². The fourth-order valence-corrected chi connectivity index (χ4v) is 1.60. The van der Waals surface area contributed by atoms with Crippen molar-refractivity contribution in [2.45, 2.75) is 23.6 Å². The number of aliphatic hydroxyl groups is 7. The quantitative estimate of drug-likeness (QED) is 0.227. The van der Waals surface area contributed by atoms with E-state index in [1.54, 1.807) is 0 Å². The molecule has 1 aliphatic heterocycles. The average molecular weight is 256 g/mol. The Hall–Kier alpha value is -0.400. The monoisotopic (exact) mass is 256 g/mol.